The number of aryl methyl sites for hydroxylation is 1. The molecule has 0 spiro atoms. The molecule has 0 aromatic carbocycles. The van der Waals surface area contributed by atoms with E-state index in [4.69, 9.17) is 9.52 Å². The number of H-pyrrole nitrogens is 1. The van der Waals surface area contributed by atoms with Crippen molar-refractivity contribution in [2.24, 2.45) is 0 Å². The average Bonchev–Trinajstić information content (AvgIpc) is 3.39. The summed E-state index contributed by atoms with van der Waals surface area (Å²) >= 11 is 0. The Hall–Kier alpha value is -3.42. The monoisotopic (exact) mass is 348 g/mol. The van der Waals surface area contributed by atoms with Gasteiger partial charge in [0.25, 0.3) is 5.91 Å². The summed E-state index contributed by atoms with van der Waals surface area (Å²) in [5, 5.41) is 4.71. The molecule has 26 heavy (non-hydrogen) atoms. The van der Waals surface area contributed by atoms with Gasteiger partial charge in [-0.2, -0.15) is 5.10 Å². The van der Waals surface area contributed by atoms with E-state index in [1.54, 1.807) is 11.2 Å². The van der Waals surface area contributed by atoms with Gasteiger partial charge in [0.2, 0.25) is 5.76 Å². The van der Waals surface area contributed by atoms with Gasteiger partial charge < -0.3 is 14.3 Å². The maximum absolute atomic E-state index is 13.0. The van der Waals surface area contributed by atoms with Gasteiger partial charge in [0.15, 0.2) is 6.39 Å². The molecular weight excluding hydrogens is 332 g/mol. The summed E-state index contributed by atoms with van der Waals surface area (Å²) in [6.45, 7) is 2.59. The van der Waals surface area contributed by atoms with Crippen LogP contribution in [0.4, 0.5) is 0 Å². The molecule has 5 heterocycles. The molecule has 0 fully saturated rings. The number of aromatic amines is 1. The van der Waals surface area contributed by atoms with Gasteiger partial charge in [0, 0.05) is 24.9 Å². The van der Waals surface area contributed by atoms with Gasteiger partial charge in [-0.05, 0) is 24.6 Å². The number of nitrogens with one attached hydrogen (secondary N) is 1. The molecule has 0 aliphatic carbocycles. The molecule has 1 aliphatic rings. The lowest BCUT2D eigenvalue weighted by Crippen LogP contribution is -2.40. The summed E-state index contributed by atoms with van der Waals surface area (Å²) in [4.78, 5) is 26.2. The van der Waals surface area contributed by atoms with Crippen LogP contribution >= 0.6 is 0 Å². The fraction of sp³-hybridized carbons (Fsp3) is 0.222. The first-order valence-corrected chi connectivity index (χ1v) is 8.39. The number of rotatable bonds is 2. The van der Waals surface area contributed by atoms with Crippen molar-refractivity contribution in [2.45, 2.75) is 19.4 Å². The van der Waals surface area contributed by atoms with Crippen LogP contribution in [0, 0.1) is 6.92 Å². The SMILES string of the molecule is Cc1cccn2nc([C@@H]3c4nc[nH]c4CCN3C(=O)c3cnco3)cc12. The second-order valence-corrected chi connectivity index (χ2v) is 6.37. The lowest BCUT2D eigenvalue weighted by molar-refractivity contribution is 0.0654. The second-order valence-electron chi connectivity index (χ2n) is 6.37. The Kier molecular flexibility index (Phi) is 3.18. The van der Waals surface area contributed by atoms with Crippen molar-refractivity contribution < 1.29 is 9.21 Å². The predicted molar refractivity (Wildman–Crippen MR) is 91.6 cm³/mol. The van der Waals surface area contributed by atoms with E-state index in [2.05, 4.69) is 15.0 Å². The van der Waals surface area contributed by atoms with Crippen molar-refractivity contribution in [3.05, 3.63) is 71.7 Å². The summed E-state index contributed by atoms with van der Waals surface area (Å²) in [6.07, 6.45) is 6.98. The number of nitrogens with zero attached hydrogens (tertiary/aromatic N) is 5. The summed E-state index contributed by atoms with van der Waals surface area (Å²) in [6, 6.07) is 5.64. The number of pyridine rings is 1. The molecule has 130 valence electrons. The normalized spacial score (nSPS) is 16.8. The predicted octanol–water partition coefficient (Wildman–Crippen LogP) is 2.14. The number of hydrogen-bond donors (Lipinski definition) is 1. The molecule has 0 radical (unpaired) electrons. The minimum absolute atomic E-state index is 0.213. The number of amides is 1. The Labute approximate surface area is 148 Å². The molecule has 4 aromatic heterocycles. The van der Waals surface area contributed by atoms with E-state index >= 15 is 0 Å². The van der Waals surface area contributed by atoms with Crippen LogP contribution in [-0.4, -0.2) is 41.9 Å². The second kappa shape index (κ2) is 5.55. The fourth-order valence-electron chi connectivity index (χ4n) is 3.57. The summed E-state index contributed by atoms with van der Waals surface area (Å²) in [5.41, 5.74) is 4.77. The molecule has 5 rings (SSSR count). The number of carbonyl (C=O) groups excluding carboxylic acids is 1. The van der Waals surface area contributed by atoms with E-state index in [9.17, 15) is 4.79 Å². The van der Waals surface area contributed by atoms with Crippen molar-refractivity contribution in [1.29, 1.82) is 0 Å². The van der Waals surface area contributed by atoms with Crippen LogP contribution in [0.3, 0.4) is 0 Å². The lowest BCUT2D eigenvalue weighted by Gasteiger charge is -2.33. The topological polar surface area (TPSA) is 92.3 Å². The van der Waals surface area contributed by atoms with Crippen LogP contribution in [-0.2, 0) is 6.42 Å². The van der Waals surface area contributed by atoms with E-state index in [1.165, 1.54) is 12.6 Å². The zero-order valence-corrected chi connectivity index (χ0v) is 14.1. The lowest BCUT2D eigenvalue weighted by atomic mass is 9.99. The molecule has 8 heteroatoms. The highest BCUT2D eigenvalue weighted by molar-refractivity contribution is 5.91. The number of carbonyl (C=O) groups is 1. The third kappa shape index (κ3) is 2.15. The van der Waals surface area contributed by atoms with Crippen molar-refractivity contribution in [2.75, 3.05) is 6.54 Å². The first-order valence-electron chi connectivity index (χ1n) is 8.39. The first-order chi connectivity index (χ1) is 12.7. The van der Waals surface area contributed by atoms with Crippen LogP contribution < -0.4 is 0 Å². The fourth-order valence-corrected chi connectivity index (χ4v) is 3.57. The molecule has 4 aromatic rings. The smallest absolute Gasteiger partial charge is 0.292 e. The third-order valence-electron chi connectivity index (χ3n) is 4.84. The molecule has 0 unspecified atom stereocenters. The molecule has 0 saturated carbocycles. The summed E-state index contributed by atoms with van der Waals surface area (Å²) < 4.78 is 7.06. The van der Waals surface area contributed by atoms with Gasteiger partial charge in [-0.1, -0.05) is 6.07 Å². The van der Waals surface area contributed by atoms with Crippen LogP contribution in [0.15, 0.2) is 47.7 Å². The molecule has 0 bridgehead atoms. The maximum Gasteiger partial charge on any atom is 0.292 e. The molecule has 1 aliphatic heterocycles. The summed E-state index contributed by atoms with van der Waals surface area (Å²) in [7, 11) is 0. The molecular formula is C18H16N6O2. The van der Waals surface area contributed by atoms with E-state index in [0.29, 0.717) is 13.0 Å². The highest BCUT2D eigenvalue weighted by Gasteiger charge is 2.37. The van der Waals surface area contributed by atoms with Gasteiger partial charge in [-0.3, -0.25) is 4.79 Å². The Morgan fingerprint density at radius 2 is 2.35 bits per heavy atom. The van der Waals surface area contributed by atoms with Gasteiger partial charge in [-0.15, -0.1) is 0 Å². The van der Waals surface area contributed by atoms with E-state index in [-0.39, 0.29) is 17.7 Å². The van der Waals surface area contributed by atoms with Crippen LogP contribution in [0.1, 0.15) is 39.2 Å². The summed E-state index contributed by atoms with van der Waals surface area (Å²) in [5.74, 6) is 0.00357. The minimum atomic E-state index is -0.373. The Morgan fingerprint density at radius 3 is 3.15 bits per heavy atom. The zero-order chi connectivity index (χ0) is 17.7. The maximum atomic E-state index is 13.0. The molecule has 0 saturated heterocycles. The largest absolute Gasteiger partial charge is 0.438 e. The number of aromatic nitrogens is 5. The average molecular weight is 348 g/mol. The van der Waals surface area contributed by atoms with Gasteiger partial charge in [0.1, 0.15) is 6.04 Å². The van der Waals surface area contributed by atoms with E-state index in [0.717, 1.165) is 28.2 Å². The van der Waals surface area contributed by atoms with Crippen molar-refractivity contribution in [3.63, 3.8) is 0 Å². The van der Waals surface area contributed by atoms with E-state index < -0.39 is 0 Å². The molecule has 1 N–H and O–H groups in total. The molecule has 8 nitrogen and oxygen atoms in total. The zero-order valence-electron chi connectivity index (χ0n) is 14.1. The van der Waals surface area contributed by atoms with Gasteiger partial charge in [0.05, 0.1) is 29.4 Å². The number of imidazole rings is 1. The van der Waals surface area contributed by atoms with Gasteiger partial charge >= 0.3 is 0 Å². The number of fused-ring (bicyclic) bond motifs is 2. The Morgan fingerprint density at radius 1 is 1.42 bits per heavy atom. The van der Waals surface area contributed by atoms with Crippen molar-refractivity contribution in [1.82, 2.24) is 29.5 Å². The number of hydrogen-bond acceptors (Lipinski definition) is 5. The quantitative estimate of drug-likeness (QED) is 0.599. The minimum Gasteiger partial charge on any atom is -0.438 e. The number of oxazole rings is 1. The van der Waals surface area contributed by atoms with Crippen molar-refractivity contribution in [3.8, 4) is 0 Å². The van der Waals surface area contributed by atoms with E-state index in [1.807, 2.05) is 35.8 Å². The molecule has 1 atom stereocenters. The highest BCUT2D eigenvalue weighted by Crippen LogP contribution is 2.34. The van der Waals surface area contributed by atoms with Gasteiger partial charge in [-0.25, -0.2) is 14.5 Å². The Balaban J connectivity index is 1.66. The van der Waals surface area contributed by atoms with Crippen LogP contribution in [0.25, 0.3) is 5.52 Å². The first kappa shape index (κ1) is 14.9. The standard InChI is InChI=1S/C18H16N6O2/c1-11-3-2-5-24-14(11)7-13(22-24)17-16-12(20-9-21-16)4-6-23(17)18(25)15-8-19-10-26-15/h2-3,5,7-10,17H,4,6H2,1H3,(H,20,21)/t17-/m1/s1. The van der Waals surface area contributed by atoms with Crippen LogP contribution in [0.2, 0.25) is 0 Å². The molecule has 1 amide bonds. The Bertz CT molecular complexity index is 1090. The van der Waals surface area contributed by atoms with Crippen LogP contribution in [0.5, 0.6) is 0 Å². The highest BCUT2D eigenvalue weighted by atomic mass is 16.3. The third-order valence-corrected chi connectivity index (χ3v) is 4.84. The van der Waals surface area contributed by atoms with Crippen molar-refractivity contribution >= 4 is 11.4 Å².